The Morgan fingerprint density at radius 3 is 2.34 bits per heavy atom. The van der Waals surface area contributed by atoms with Crippen molar-refractivity contribution in [2.45, 2.75) is 51.1 Å². The highest BCUT2D eigenvalue weighted by molar-refractivity contribution is 7.89. The van der Waals surface area contributed by atoms with Crippen LogP contribution in [0.1, 0.15) is 39.2 Å². The van der Waals surface area contributed by atoms with Crippen LogP contribution in [0.3, 0.4) is 0 Å². The van der Waals surface area contributed by atoms with Crippen LogP contribution in [0.4, 0.5) is 0 Å². The number of carbonyl (C=O) groups is 2. The highest BCUT2D eigenvalue weighted by Crippen LogP contribution is 2.18. The van der Waals surface area contributed by atoms with Crippen molar-refractivity contribution in [3.63, 3.8) is 0 Å². The second kappa shape index (κ2) is 13.3. The molecule has 0 saturated carbocycles. The third kappa shape index (κ3) is 8.36. The van der Waals surface area contributed by atoms with E-state index >= 15 is 0 Å². The number of hydrogen-bond donors (Lipinski definition) is 1. The van der Waals surface area contributed by atoms with Gasteiger partial charge >= 0.3 is 0 Å². The van der Waals surface area contributed by atoms with E-state index in [1.54, 1.807) is 44.4 Å². The summed E-state index contributed by atoms with van der Waals surface area (Å²) >= 11 is 0. The molecule has 0 fully saturated rings. The summed E-state index contributed by atoms with van der Waals surface area (Å²) in [6, 6.07) is 14.9. The summed E-state index contributed by atoms with van der Waals surface area (Å²) < 4.78 is 32.0. The van der Waals surface area contributed by atoms with Crippen molar-refractivity contribution in [2.24, 2.45) is 5.92 Å². The number of carbonyl (C=O) groups excluding carboxylic acids is 2. The van der Waals surface area contributed by atoms with Crippen LogP contribution in [0.2, 0.25) is 0 Å². The van der Waals surface area contributed by atoms with Gasteiger partial charge in [0.05, 0.1) is 12.0 Å². The standard InChI is InChI=1S/C26H37N3O5S/c1-20(2)18-27-26(31)21(3)29(19-22-11-9-12-23(17-22)34-5)25(30)15-10-16-28(4)35(32,33)24-13-7-6-8-14-24/h6-9,11-14,17,20-21H,10,15-16,18-19H2,1-5H3,(H,27,31)/t21-/m1/s1. The van der Waals surface area contributed by atoms with Gasteiger partial charge in [-0.1, -0.05) is 44.2 Å². The minimum absolute atomic E-state index is 0.112. The Bertz CT molecular complexity index is 1070. The van der Waals surface area contributed by atoms with Gasteiger partial charge in [-0.25, -0.2) is 12.7 Å². The highest BCUT2D eigenvalue weighted by atomic mass is 32.2. The van der Waals surface area contributed by atoms with E-state index in [-0.39, 0.29) is 42.1 Å². The van der Waals surface area contributed by atoms with Crippen molar-refractivity contribution in [3.8, 4) is 5.75 Å². The van der Waals surface area contributed by atoms with E-state index in [1.165, 1.54) is 16.3 Å². The van der Waals surface area contributed by atoms with Gasteiger partial charge in [0.25, 0.3) is 0 Å². The first kappa shape index (κ1) is 28.3. The lowest BCUT2D eigenvalue weighted by Crippen LogP contribution is -2.48. The Labute approximate surface area is 209 Å². The molecule has 0 unspecified atom stereocenters. The van der Waals surface area contributed by atoms with E-state index in [0.29, 0.717) is 18.7 Å². The number of methoxy groups -OCH3 is 1. The fourth-order valence-corrected chi connectivity index (χ4v) is 4.72. The molecule has 0 spiro atoms. The molecule has 192 valence electrons. The molecule has 2 aromatic carbocycles. The molecule has 0 aliphatic rings. The SMILES string of the molecule is COc1cccc(CN(C(=O)CCCN(C)S(=O)(=O)c2ccccc2)[C@H](C)C(=O)NCC(C)C)c1. The fraction of sp³-hybridized carbons (Fsp3) is 0.462. The number of amides is 2. The zero-order valence-electron chi connectivity index (χ0n) is 21.2. The molecule has 35 heavy (non-hydrogen) atoms. The molecule has 0 heterocycles. The maximum absolute atomic E-state index is 13.2. The molecule has 0 aliphatic heterocycles. The molecule has 8 nitrogen and oxygen atoms in total. The molecule has 1 N–H and O–H groups in total. The minimum atomic E-state index is -3.63. The van der Waals surface area contributed by atoms with E-state index in [2.05, 4.69) is 5.32 Å². The highest BCUT2D eigenvalue weighted by Gasteiger charge is 2.27. The number of nitrogens with zero attached hydrogens (tertiary/aromatic N) is 2. The Balaban J connectivity index is 2.09. The summed E-state index contributed by atoms with van der Waals surface area (Å²) in [7, 11) is -0.552. The van der Waals surface area contributed by atoms with Gasteiger partial charge in [-0.15, -0.1) is 0 Å². The van der Waals surface area contributed by atoms with Crippen LogP contribution >= 0.6 is 0 Å². The maximum atomic E-state index is 13.2. The van der Waals surface area contributed by atoms with Crippen molar-refractivity contribution in [1.29, 1.82) is 0 Å². The molecule has 9 heteroatoms. The molecular weight excluding hydrogens is 466 g/mol. The van der Waals surface area contributed by atoms with Crippen LogP contribution in [-0.4, -0.2) is 62.7 Å². The molecular formula is C26H37N3O5S. The average molecular weight is 504 g/mol. The van der Waals surface area contributed by atoms with E-state index in [9.17, 15) is 18.0 Å². The predicted octanol–water partition coefficient (Wildman–Crippen LogP) is 3.29. The zero-order valence-corrected chi connectivity index (χ0v) is 22.0. The van der Waals surface area contributed by atoms with Gasteiger partial charge in [-0.3, -0.25) is 9.59 Å². The molecule has 0 aromatic heterocycles. The summed E-state index contributed by atoms with van der Waals surface area (Å²) in [5.74, 6) is 0.514. The van der Waals surface area contributed by atoms with Gasteiger partial charge in [-0.05, 0) is 49.1 Å². The molecule has 2 amide bonds. The molecule has 2 aromatic rings. The van der Waals surface area contributed by atoms with Crippen molar-refractivity contribution < 1.29 is 22.7 Å². The van der Waals surface area contributed by atoms with Gasteiger partial charge in [0.1, 0.15) is 11.8 Å². The molecule has 1 atom stereocenters. The first-order valence-electron chi connectivity index (χ1n) is 11.8. The lowest BCUT2D eigenvalue weighted by atomic mass is 10.1. The predicted molar refractivity (Wildman–Crippen MR) is 136 cm³/mol. The Morgan fingerprint density at radius 1 is 1.03 bits per heavy atom. The Kier molecular flexibility index (Phi) is 10.7. The first-order chi connectivity index (χ1) is 16.6. The summed E-state index contributed by atoms with van der Waals surface area (Å²) in [5, 5.41) is 2.89. The summed E-state index contributed by atoms with van der Waals surface area (Å²) in [6.45, 7) is 6.66. The molecule has 0 bridgehead atoms. The second-order valence-corrected chi connectivity index (χ2v) is 11.0. The topological polar surface area (TPSA) is 96.0 Å². The van der Waals surface area contributed by atoms with Crippen LogP contribution in [0.25, 0.3) is 0 Å². The largest absolute Gasteiger partial charge is 0.497 e. The Morgan fingerprint density at radius 2 is 1.71 bits per heavy atom. The minimum Gasteiger partial charge on any atom is -0.497 e. The third-order valence-corrected chi connectivity index (χ3v) is 7.53. The second-order valence-electron chi connectivity index (χ2n) is 8.93. The summed E-state index contributed by atoms with van der Waals surface area (Å²) in [6.07, 6.45) is 0.441. The maximum Gasteiger partial charge on any atom is 0.242 e. The number of nitrogens with one attached hydrogen (secondary N) is 1. The quantitative estimate of drug-likeness (QED) is 0.453. The summed E-state index contributed by atoms with van der Waals surface area (Å²) in [4.78, 5) is 27.7. The van der Waals surface area contributed by atoms with Crippen LogP contribution in [0.5, 0.6) is 5.75 Å². The Hall–Kier alpha value is -2.91. The molecule has 0 saturated heterocycles. The fourth-order valence-electron chi connectivity index (χ4n) is 3.49. The molecule has 2 rings (SSSR count). The van der Waals surface area contributed by atoms with Crippen LogP contribution in [0, 0.1) is 5.92 Å². The van der Waals surface area contributed by atoms with Crippen molar-refractivity contribution in [1.82, 2.24) is 14.5 Å². The van der Waals surface area contributed by atoms with Crippen molar-refractivity contribution in [2.75, 3.05) is 27.2 Å². The molecule has 0 aliphatic carbocycles. The lowest BCUT2D eigenvalue weighted by Gasteiger charge is -2.29. The number of ether oxygens (including phenoxy) is 1. The zero-order chi connectivity index (χ0) is 26.0. The van der Waals surface area contributed by atoms with E-state index < -0.39 is 16.1 Å². The smallest absolute Gasteiger partial charge is 0.242 e. The van der Waals surface area contributed by atoms with Gasteiger partial charge in [0, 0.05) is 33.1 Å². The summed E-state index contributed by atoms with van der Waals surface area (Å²) in [5.41, 5.74) is 0.838. The van der Waals surface area contributed by atoms with Gasteiger partial charge in [0.15, 0.2) is 0 Å². The van der Waals surface area contributed by atoms with Gasteiger partial charge in [-0.2, -0.15) is 0 Å². The normalized spacial score (nSPS) is 12.4. The van der Waals surface area contributed by atoms with E-state index in [4.69, 9.17) is 4.74 Å². The third-order valence-electron chi connectivity index (χ3n) is 5.65. The number of hydrogen-bond acceptors (Lipinski definition) is 5. The van der Waals surface area contributed by atoms with Crippen LogP contribution in [-0.2, 0) is 26.2 Å². The van der Waals surface area contributed by atoms with Gasteiger partial charge in [0.2, 0.25) is 21.8 Å². The average Bonchev–Trinajstić information content (AvgIpc) is 2.85. The lowest BCUT2D eigenvalue weighted by molar-refractivity contribution is -0.140. The number of sulfonamides is 1. The van der Waals surface area contributed by atoms with Gasteiger partial charge < -0.3 is 15.0 Å². The monoisotopic (exact) mass is 503 g/mol. The van der Waals surface area contributed by atoms with E-state index in [0.717, 1.165) is 5.56 Å². The first-order valence-corrected chi connectivity index (χ1v) is 13.2. The van der Waals surface area contributed by atoms with Crippen LogP contribution in [0.15, 0.2) is 59.5 Å². The van der Waals surface area contributed by atoms with E-state index in [1.807, 2.05) is 38.1 Å². The van der Waals surface area contributed by atoms with Crippen molar-refractivity contribution >= 4 is 21.8 Å². The molecule has 0 radical (unpaired) electrons. The number of benzene rings is 2. The number of rotatable bonds is 13. The van der Waals surface area contributed by atoms with Crippen LogP contribution < -0.4 is 10.1 Å². The van der Waals surface area contributed by atoms with Crippen molar-refractivity contribution in [3.05, 3.63) is 60.2 Å².